The van der Waals surface area contributed by atoms with Crippen LogP contribution in [0.3, 0.4) is 0 Å². The van der Waals surface area contributed by atoms with Gasteiger partial charge in [0.05, 0.1) is 6.07 Å². The van der Waals surface area contributed by atoms with E-state index in [2.05, 4.69) is 17.1 Å². The smallest absolute Gasteiger partial charge is 0.0621 e. The summed E-state index contributed by atoms with van der Waals surface area (Å²) in [5, 5.41) is 8.48. The highest BCUT2D eigenvalue weighted by atomic mass is 14.7. The minimum Gasteiger partial charge on any atom is -0.266 e. The van der Waals surface area contributed by atoms with Gasteiger partial charge in [-0.3, -0.25) is 4.99 Å². The molecule has 82 valence electrons. The van der Waals surface area contributed by atoms with Gasteiger partial charge >= 0.3 is 0 Å². The van der Waals surface area contributed by atoms with E-state index in [1.807, 2.05) is 13.1 Å². The summed E-state index contributed by atoms with van der Waals surface area (Å²) >= 11 is 0. The molecule has 1 aliphatic carbocycles. The zero-order valence-electron chi connectivity index (χ0n) is 9.58. The molecule has 1 aliphatic rings. The summed E-state index contributed by atoms with van der Waals surface area (Å²) in [7, 11) is 0. The molecule has 0 aromatic carbocycles. The molecule has 0 amide bonds. The van der Waals surface area contributed by atoms with Gasteiger partial charge in [-0.05, 0) is 51.4 Å². The molecule has 0 saturated carbocycles. The number of unbranched alkanes of at least 4 members (excludes halogenated alkanes) is 1. The SMILES string of the molecule is CC=NC1=CCC(CCCC#N)CCC1. The van der Waals surface area contributed by atoms with Crippen molar-refractivity contribution < 1.29 is 0 Å². The van der Waals surface area contributed by atoms with Gasteiger partial charge in [0.1, 0.15) is 0 Å². The van der Waals surface area contributed by atoms with E-state index in [9.17, 15) is 0 Å². The Morgan fingerprint density at radius 2 is 2.53 bits per heavy atom. The molecule has 1 rings (SSSR count). The number of rotatable bonds is 4. The van der Waals surface area contributed by atoms with Crippen molar-refractivity contribution in [1.82, 2.24) is 0 Å². The number of hydrogen-bond acceptors (Lipinski definition) is 2. The summed E-state index contributed by atoms with van der Waals surface area (Å²) in [5.41, 5.74) is 1.25. The lowest BCUT2D eigenvalue weighted by molar-refractivity contribution is 0.440. The average Bonchev–Trinajstić information content (AvgIpc) is 2.45. The Bertz CT molecular complexity index is 271. The Hall–Kier alpha value is -1.10. The third kappa shape index (κ3) is 4.78. The van der Waals surface area contributed by atoms with Crippen LogP contribution in [-0.2, 0) is 0 Å². The Labute approximate surface area is 92.7 Å². The third-order valence-electron chi connectivity index (χ3n) is 2.93. The first kappa shape index (κ1) is 12.0. The predicted octanol–water partition coefficient (Wildman–Crippen LogP) is 3.85. The maximum absolute atomic E-state index is 8.48. The molecule has 0 aliphatic heterocycles. The molecule has 15 heavy (non-hydrogen) atoms. The van der Waals surface area contributed by atoms with Crippen molar-refractivity contribution in [2.45, 2.75) is 51.9 Å². The van der Waals surface area contributed by atoms with E-state index >= 15 is 0 Å². The van der Waals surface area contributed by atoms with Crippen LogP contribution in [0.2, 0.25) is 0 Å². The topological polar surface area (TPSA) is 36.1 Å². The molecule has 0 aromatic rings. The van der Waals surface area contributed by atoms with E-state index in [-0.39, 0.29) is 0 Å². The van der Waals surface area contributed by atoms with E-state index in [0.29, 0.717) is 6.42 Å². The second kappa shape index (κ2) is 7.23. The summed E-state index contributed by atoms with van der Waals surface area (Å²) < 4.78 is 0. The average molecular weight is 204 g/mol. The number of aliphatic imine (C=N–C) groups is 1. The molecule has 0 spiro atoms. The summed E-state index contributed by atoms with van der Waals surface area (Å²) in [4.78, 5) is 4.36. The first-order chi connectivity index (χ1) is 7.36. The first-order valence-electron chi connectivity index (χ1n) is 5.91. The molecule has 1 atom stereocenters. The Morgan fingerprint density at radius 3 is 3.27 bits per heavy atom. The van der Waals surface area contributed by atoms with Crippen molar-refractivity contribution in [2.24, 2.45) is 10.9 Å². The Kier molecular flexibility index (Phi) is 5.77. The normalized spacial score (nSPS) is 22.1. The lowest BCUT2D eigenvalue weighted by Gasteiger charge is -2.10. The first-order valence-corrected chi connectivity index (χ1v) is 5.91. The molecule has 0 fully saturated rings. The lowest BCUT2D eigenvalue weighted by Crippen LogP contribution is -1.97. The third-order valence-corrected chi connectivity index (χ3v) is 2.93. The molecule has 2 nitrogen and oxygen atoms in total. The van der Waals surface area contributed by atoms with Crippen molar-refractivity contribution in [3.05, 3.63) is 11.8 Å². The molecule has 2 heteroatoms. The second-order valence-electron chi connectivity index (χ2n) is 4.13. The standard InChI is InChI=1S/C13H20N2/c1-2-15-13-8-5-7-12(9-10-13)6-3-4-11-14/h2,10,12H,3-9H2,1H3. The minimum absolute atomic E-state index is 0.709. The van der Waals surface area contributed by atoms with Crippen LogP contribution in [0, 0.1) is 17.2 Å². The number of nitriles is 1. The molecule has 0 bridgehead atoms. The van der Waals surface area contributed by atoms with Crippen LogP contribution in [0.4, 0.5) is 0 Å². The Morgan fingerprint density at radius 1 is 1.67 bits per heavy atom. The zero-order chi connectivity index (χ0) is 10.9. The molecule has 0 heterocycles. The molecule has 0 saturated heterocycles. The van der Waals surface area contributed by atoms with E-state index < -0.39 is 0 Å². The summed E-state index contributed by atoms with van der Waals surface area (Å²) in [6, 6.07) is 2.21. The van der Waals surface area contributed by atoms with Crippen molar-refractivity contribution in [3.8, 4) is 6.07 Å². The van der Waals surface area contributed by atoms with Crippen LogP contribution >= 0.6 is 0 Å². The zero-order valence-corrected chi connectivity index (χ0v) is 9.58. The number of nitrogens with zero attached hydrogens (tertiary/aromatic N) is 2. The van der Waals surface area contributed by atoms with E-state index in [1.54, 1.807) is 0 Å². The molecule has 1 unspecified atom stereocenters. The van der Waals surface area contributed by atoms with Crippen molar-refractivity contribution in [1.29, 1.82) is 5.26 Å². The highest BCUT2D eigenvalue weighted by Gasteiger charge is 2.11. The van der Waals surface area contributed by atoms with Crippen molar-refractivity contribution in [2.75, 3.05) is 0 Å². The van der Waals surface area contributed by atoms with E-state index in [4.69, 9.17) is 5.26 Å². The van der Waals surface area contributed by atoms with Crippen molar-refractivity contribution in [3.63, 3.8) is 0 Å². The van der Waals surface area contributed by atoms with E-state index in [1.165, 1.54) is 25.0 Å². The largest absolute Gasteiger partial charge is 0.266 e. The summed E-state index contributed by atoms with van der Waals surface area (Å²) in [6.45, 7) is 1.97. The Balaban J connectivity index is 2.34. The fourth-order valence-corrected chi connectivity index (χ4v) is 2.11. The van der Waals surface area contributed by atoms with E-state index in [0.717, 1.165) is 25.2 Å². The fraction of sp³-hybridized carbons (Fsp3) is 0.692. The lowest BCUT2D eigenvalue weighted by atomic mass is 9.95. The van der Waals surface area contributed by atoms with Gasteiger partial charge < -0.3 is 0 Å². The van der Waals surface area contributed by atoms with Crippen LogP contribution in [-0.4, -0.2) is 6.21 Å². The van der Waals surface area contributed by atoms with Crippen LogP contribution in [0.25, 0.3) is 0 Å². The van der Waals surface area contributed by atoms with Gasteiger partial charge in [0.2, 0.25) is 0 Å². The summed E-state index contributed by atoms with van der Waals surface area (Å²) in [5.74, 6) is 0.780. The molecule has 0 radical (unpaired) electrons. The number of allylic oxidation sites excluding steroid dienone is 2. The van der Waals surface area contributed by atoms with Gasteiger partial charge in [0, 0.05) is 18.3 Å². The quantitative estimate of drug-likeness (QED) is 0.506. The van der Waals surface area contributed by atoms with Gasteiger partial charge in [-0.25, -0.2) is 0 Å². The molecular weight excluding hydrogens is 184 g/mol. The van der Waals surface area contributed by atoms with Crippen LogP contribution < -0.4 is 0 Å². The monoisotopic (exact) mass is 204 g/mol. The van der Waals surface area contributed by atoms with Gasteiger partial charge in [-0.15, -0.1) is 0 Å². The molecule has 0 N–H and O–H groups in total. The van der Waals surface area contributed by atoms with Gasteiger partial charge in [-0.2, -0.15) is 5.26 Å². The number of hydrogen-bond donors (Lipinski definition) is 0. The van der Waals surface area contributed by atoms with Crippen LogP contribution in [0.15, 0.2) is 16.8 Å². The second-order valence-corrected chi connectivity index (χ2v) is 4.13. The van der Waals surface area contributed by atoms with Crippen molar-refractivity contribution >= 4 is 6.21 Å². The fourth-order valence-electron chi connectivity index (χ4n) is 2.11. The maximum Gasteiger partial charge on any atom is 0.0621 e. The highest BCUT2D eigenvalue weighted by Crippen LogP contribution is 2.26. The van der Waals surface area contributed by atoms with Gasteiger partial charge in [-0.1, -0.05) is 6.08 Å². The van der Waals surface area contributed by atoms with Crippen LogP contribution in [0.1, 0.15) is 51.9 Å². The maximum atomic E-state index is 8.48. The van der Waals surface area contributed by atoms with Gasteiger partial charge in [0.15, 0.2) is 0 Å². The minimum atomic E-state index is 0.709. The molecular formula is C13H20N2. The highest BCUT2D eigenvalue weighted by molar-refractivity contribution is 5.55. The summed E-state index contributed by atoms with van der Waals surface area (Å²) in [6.07, 6.45) is 11.9. The molecule has 0 aromatic heterocycles. The predicted molar refractivity (Wildman–Crippen MR) is 63.7 cm³/mol. The van der Waals surface area contributed by atoms with Gasteiger partial charge in [0.25, 0.3) is 0 Å². The van der Waals surface area contributed by atoms with Crippen LogP contribution in [0.5, 0.6) is 0 Å².